The Morgan fingerprint density at radius 2 is 1.70 bits per heavy atom. The zero-order valence-electron chi connectivity index (χ0n) is 24.2. The predicted octanol–water partition coefficient (Wildman–Crippen LogP) is 6.35. The van der Waals surface area contributed by atoms with E-state index in [0.29, 0.717) is 6.04 Å². The summed E-state index contributed by atoms with van der Waals surface area (Å²) in [6.07, 6.45) is 10.9. The van der Waals surface area contributed by atoms with Crippen LogP contribution >= 0.6 is 0 Å². The Labute approximate surface area is 252 Å². The molecule has 8 heteroatoms. The van der Waals surface area contributed by atoms with Crippen molar-refractivity contribution in [2.75, 3.05) is 18.4 Å². The largest absolute Gasteiger partial charge is 0.367 e. The van der Waals surface area contributed by atoms with Crippen LogP contribution < -0.4 is 5.32 Å². The van der Waals surface area contributed by atoms with Gasteiger partial charge in [-0.1, -0.05) is 54.6 Å². The van der Waals surface area contributed by atoms with E-state index in [2.05, 4.69) is 90.4 Å². The molecule has 3 aromatic heterocycles. The number of fused-ring (bicyclic) bond motifs is 3. The van der Waals surface area contributed by atoms with Crippen LogP contribution in [0.2, 0.25) is 0 Å². The smallest absolute Gasteiger partial charge is 0.234 e. The molecular formula is C35H34N8. The molecular weight excluding hydrogens is 532 g/mol. The summed E-state index contributed by atoms with van der Waals surface area (Å²) in [4.78, 5) is 20.5. The number of benzene rings is 2. The van der Waals surface area contributed by atoms with Crippen molar-refractivity contribution in [3.63, 3.8) is 0 Å². The third-order valence-corrected chi connectivity index (χ3v) is 8.57. The number of piperidine rings is 1. The second-order valence-electron chi connectivity index (χ2n) is 11.4. The molecule has 2 aromatic carbocycles. The van der Waals surface area contributed by atoms with Gasteiger partial charge in [0, 0.05) is 67.5 Å². The molecule has 1 fully saturated rings. The summed E-state index contributed by atoms with van der Waals surface area (Å²) < 4.78 is 2.42. The summed E-state index contributed by atoms with van der Waals surface area (Å²) in [5.41, 5.74) is 8.31. The van der Waals surface area contributed by atoms with Crippen molar-refractivity contribution in [2.45, 2.75) is 51.2 Å². The number of aryl methyl sites for hydroxylation is 1. The Kier molecular flexibility index (Phi) is 7.63. The lowest BCUT2D eigenvalue weighted by Crippen LogP contribution is -2.38. The van der Waals surface area contributed by atoms with E-state index in [0.717, 1.165) is 86.7 Å². The molecule has 43 heavy (non-hydrogen) atoms. The van der Waals surface area contributed by atoms with Gasteiger partial charge >= 0.3 is 0 Å². The van der Waals surface area contributed by atoms with Gasteiger partial charge in [0.25, 0.3) is 0 Å². The molecule has 0 amide bonds. The van der Waals surface area contributed by atoms with Crippen LogP contribution in [0.3, 0.4) is 0 Å². The van der Waals surface area contributed by atoms with Crippen molar-refractivity contribution in [3.8, 4) is 40.0 Å². The van der Waals surface area contributed by atoms with Gasteiger partial charge in [-0.05, 0) is 55.4 Å². The molecule has 1 N–H and O–H groups in total. The Morgan fingerprint density at radius 1 is 0.860 bits per heavy atom. The minimum Gasteiger partial charge on any atom is -0.367 e. The number of likely N-dealkylation sites (tertiary alicyclic amines) is 1. The van der Waals surface area contributed by atoms with Crippen LogP contribution in [0.15, 0.2) is 85.3 Å². The van der Waals surface area contributed by atoms with Crippen molar-refractivity contribution in [1.29, 1.82) is 5.26 Å². The van der Waals surface area contributed by atoms with Crippen molar-refractivity contribution in [1.82, 2.24) is 29.4 Å². The van der Waals surface area contributed by atoms with Gasteiger partial charge < -0.3 is 9.88 Å². The van der Waals surface area contributed by atoms with E-state index >= 15 is 0 Å². The number of nitrogens with one attached hydrogen (secondary N) is 1. The number of aromatic nitrogens is 5. The molecule has 2 aliphatic heterocycles. The van der Waals surface area contributed by atoms with Gasteiger partial charge in [0.15, 0.2) is 0 Å². The fraction of sp³-hybridized carbons (Fsp3) is 0.286. The summed E-state index contributed by atoms with van der Waals surface area (Å²) in [7, 11) is 0. The summed E-state index contributed by atoms with van der Waals surface area (Å²) >= 11 is 0. The molecule has 214 valence electrons. The molecule has 5 heterocycles. The maximum atomic E-state index is 9.07. The average Bonchev–Trinajstić information content (AvgIpc) is 3.42. The average molecular weight is 567 g/mol. The quantitative estimate of drug-likeness (QED) is 0.256. The lowest BCUT2D eigenvalue weighted by atomic mass is 10.0. The highest BCUT2D eigenvalue weighted by atomic mass is 15.2. The number of hydrogen-bond donors (Lipinski definition) is 1. The summed E-state index contributed by atoms with van der Waals surface area (Å²) in [6.45, 7) is 3.88. The molecule has 2 aliphatic rings. The van der Waals surface area contributed by atoms with Crippen LogP contribution in [-0.2, 0) is 19.5 Å². The van der Waals surface area contributed by atoms with Crippen LogP contribution in [0.1, 0.15) is 42.6 Å². The molecule has 1 saturated heterocycles. The summed E-state index contributed by atoms with van der Waals surface area (Å²) in [6, 6.07) is 26.0. The van der Waals surface area contributed by atoms with Gasteiger partial charge in [0.05, 0.1) is 11.4 Å². The van der Waals surface area contributed by atoms with Crippen molar-refractivity contribution in [3.05, 3.63) is 102 Å². The standard InChI is InChI=1S/C35H34N8/c36-22-32-38-18-14-31(40-32)39-29-15-20-42(21-16-29)24-25-9-11-27(12-10-25)33-34(28-7-2-1-3-8-28)43-19-5-4-6-26-13-17-37-23-30(26)35(43)41-33/h1-3,7-14,17-18,23,29H,4-6,15-16,19-21,24H2,(H,38,39,40). The predicted molar refractivity (Wildman–Crippen MR) is 168 cm³/mol. The number of imidazole rings is 1. The highest BCUT2D eigenvalue weighted by Crippen LogP contribution is 2.38. The van der Waals surface area contributed by atoms with Crippen molar-refractivity contribution < 1.29 is 0 Å². The topological polar surface area (TPSA) is 95.6 Å². The normalized spacial score (nSPS) is 15.5. The summed E-state index contributed by atoms with van der Waals surface area (Å²) in [5.74, 6) is 1.94. The first-order chi connectivity index (χ1) is 21.2. The first-order valence-electron chi connectivity index (χ1n) is 15.2. The molecule has 0 spiro atoms. The maximum absolute atomic E-state index is 9.07. The van der Waals surface area contributed by atoms with E-state index in [1.165, 1.54) is 22.4 Å². The summed E-state index contributed by atoms with van der Waals surface area (Å²) in [5, 5.41) is 12.5. The Bertz CT molecular complexity index is 1750. The molecule has 8 nitrogen and oxygen atoms in total. The van der Waals surface area contributed by atoms with Gasteiger partial charge in [-0.2, -0.15) is 5.26 Å². The zero-order chi connectivity index (χ0) is 29.0. The second kappa shape index (κ2) is 12.2. The minimum atomic E-state index is 0.199. The number of nitrogens with zero attached hydrogens (tertiary/aromatic N) is 7. The number of nitriles is 1. The molecule has 0 aliphatic carbocycles. The van der Waals surface area contributed by atoms with Crippen LogP contribution in [0.25, 0.3) is 33.9 Å². The molecule has 0 bridgehead atoms. The Morgan fingerprint density at radius 3 is 2.51 bits per heavy atom. The van der Waals surface area contributed by atoms with E-state index in [4.69, 9.17) is 10.2 Å². The lowest BCUT2D eigenvalue weighted by Gasteiger charge is -2.32. The lowest BCUT2D eigenvalue weighted by molar-refractivity contribution is 0.211. The van der Waals surface area contributed by atoms with Crippen LogP contribution in [-0.4, -0.2) is 48.5 Å². The monoisotopic (exact) mass is 566 g/mol. The molecule has 0 saturated carbocycles. The second-order valence-corrected chi connectivity index (χ2v) is 11.4. The highest BCUT2D eigenvalue weighted by Gasteiger charge is 2.24. The van der Waals surface area contributed by atoms with E-state index < -0.39 is 0 Å². The van der Waals surface area contributed by atoms with Gasteiger partial charge in [-0.3, -0.25) is 9.88 Å². The van der Waals surface area contributed by atoms with Gasteiger partial charge in [-0.25, -0.2) is 15.0 Å². The number of rotatable bonds is 6. The van der Waals surface area contributed by atoms with Gasteiger partial charge in [-0.15, -0.1) is 0 Å². The number of anilines is 1. The Balaban J connectivity index is 1.11. The minimum absolute atomic E-state index is 0.199. The first-order valence-corrected chi connectivity index (χ1v) is 15.2. The SMILES string of the molecule is N#Cc1nccc(NC2CCN(Cc3ccc(-c4nc5n(c4-c4ccccc4)CCCCc4ccncc4-5)cc3)CC2)n1. The third kappa shape index (κ3) is 5.77. The first kappa shape index (κ1) is 27.0. The van der Waals surface area contributed by atoms with Crippen LogP contribution in [0, 0.1) is 11.3 Å². The fourth-order valence-corrected chi connectivity index (χ4v) is 6.36. The highest BCUT2D eigenvalue weighted by molar-refractivity contribution is 5.82. The molecule has 7 rings (SSSR count). The van der Waals surface area contributed by atoms with E-state index in [1.807, 2.05) is 24.5 Å². The van der Waals surface area contributed by atoms with Crippen LogP contribution in [0.4, 0.5) is 5.82 Å². The van der Waals surface area contributed by atoms with E-state index in [1.54, 1.807) is 6.20 Å². The molecule has 0 radical (unpaired) electrons. The fourth-order valence-electron chi connectivity index (χ4n) is 6.36. The van der Waals surface area contributed by atoms with Crippen molar-refractivity contribution in [2.24, 2.45) is 0 Å². The zero-order valence-corrected chi connectivity index (χ0v) is 24.2. The maximum Gasteiger partial charge on any atom is 0.234 e. The third-order valence-electron chi connectivity index (χ3n) is 8.57. The van der Waals surface area contributed by atoms with Gasteiger partial charge in [0.2, 0.25) is 5.82 Å². The van der Waals surface area contributed by atoms with Crippen molar-refractivity contribution >= 4 is 5.82 Å². The number of hydrogen-bond acceptors (Lipinski definition) is 7. The molecule has 5 aromatic rings. The molecule has 0 atom stereocenters. The van der Waals surface area contributed by atoms with E-state index in [-0.39, 0.29) is 5.82 Å². The Hall–Kier alpha value is -4.87. The van der Waals surface area contributed by atoms with Gasteiger partial charge in [0.1, 0.15) is 17.7 Å². The number of pyridine rings is 1. The van der Waals surface area contributed by atoms with Crippen LogP contribution in [0.5, 0.6) is 0 Å². The van der Waals surface area contributed by atoms with E-state index in [9.17, 15) is 0 Å². The molecule has 0 unspecified atom stereocenters.